The van der Waals surface area contributed by atoms with Crippen molar-refractivity contribution in [2.24, 2.45) is 0 Å². The first-order chi connectivity index (χ1) is 6.79. The SMILES string of the molecule is CC#CCC(NCC)C1(OC)CCC1. The summed E-state index contributed by atoms with van der Waals surface area (Å²) < 4.78 is 5.66. The fraction of sp³-hybridized carbons (Fsp3) is 0.833. The molecule has 0 aromatic heterocycles. The molecule has 1 atom stereocenters. The lowest BCUT2D eigenvalue weighted by Crippen LogP contribution is -2.56. The molecule has 1 unspecified atom stereocenters. The Kier molecular flexibility index (Phi) is 4.44. The quantitative estimate of drug-likeness (QED) is 0.677. The van der Waals surface area contributed by atoms with E-state index < -0.39 is 0 Å². The third kappa shape index (κ3) is 2.29. The van der Waals surface area contributed by atoms with Crippen LogP contribution in [0.5, 0.6) is 0 Å². The Morgan fingerprint density at radius 3 is 2.57 bits per heavy atom. The average Bonchev–Trinajstić information content (AvgIpc) is 2.13. The van der Waals surface area contributed by atoms with Crippen molar-refractivity contribution in [2.75, 3.05) is 13.7 Å². The Morgan fingerprint density at radius 1 is 1.50 bits per heavy atom. The van der Waals surface area contributed by atoms with E-state index in [2.05, 4.69) is 24.1 Å². The highest BCUT2D eigenvalue weighted by molar-refractivity contribution is 5.07. The van der Waals surface area contributed by atoms with Crippen LogP contribution in [0.4, 0.5) is 0 Å². The molecule has 1 fully saturated rings. The van der Waals surface area contributed by atoms with E-state index >= 15 is 0 Å². The van der Waals surface area contributed by atoms with Gasteiger partial charge in [-0.1, -0.05) is 6.92 Å². The zero-order valence-corrected chi connectivity index (χ0v) is 9.52. The lowest BCUT2D eigenvalue weighted by molar-refractivity contribution is -0.0968. The molecule has 0 radical (unpaired) electrons. The van der Waals surface area contributed by atoms with E-state index in [0.717, 1.165) is 13.0 Å². The summed E-state index contributed by atoms with van der Waals surface area (Å²) in [5, 5.41) is 3.48. The molecule has 2 heteroatoms. The molecule has 0 heterocycles. The minimum absolute atomic E-state index is 0.0693. The van der Waals surface area contributed by atoms with Crippen LogP contribution in [0.1, 0.15) is 39.5 Å². The second kappa shape index (κ2) is 5.38. The van der Waals surface area contributed by atoms with E-state index in [0.29, 0.717) is 6.04 Å². The molecule has 1 aliphatic rings. The van der Waals surface area contributed by atoms with Gasteiger partial charge in [-0.25, -0.2) is 0 Å². The monoisotopic (exact) mass is 195 g/mol. The standard InChI is InChI=1S/C12H21NO/c1-4-6-8-11(13-5-2)12(14-3)9-7-10-12/h11,13H,5,7-10H2,1-3H3. The van der Waals surface area contributed by atoms with Crippen molar-refractivity contribution in [3.63, 3.8) is 0 Å². The molecule has 1 aliphatic carbocycles. The molecule has 1 N–H and O–H groups in total. The normalized spacial score (nSPS) is 20.5. The minimum atomic E-state index is 0.0693. The summed E-state index contributed by atoms with van der Waals surface area (Å²) in [6.07, 6.45) is 4.53. The summed E-state index contributed by atoms with van der Waals surface area (Å²) in [5.74, 6) is 6.10. The van der Waals surface area contributed by atoms with Gasteiger partial charge in [0.2, 0.25) is 0 Å². The number of methoxy groups -OCH3 is 1. The molecular formula is C12H21NO. The average molecular weight is 195 g/mol. The van der Waals surface area contributed by atoms with Crippen molar-refractivity contribution in [3.8, 4) is 11.8 Å². The highest BCUT2D eigenvalue weighted by Crippen LogP contribution is 2.39. The molecule has 0 spiro atoms. The van der Waals surface area contributed by atoms with Gasteiger partial charge in [-0.05, 0) is 32.7 Å². The Bertz CT molecular complexity index is 217. The van der Waals surface area contributed by atoms with Crippen LogP contribution in [0.15, 0.2) is 0 Å². The van der Waals surface area contributed by atoms with Gasteiger partial charge in [0, 0.05) is 19.6 Å². The summed E-state index contributed by atoms with van der Waals surface area (Å²) in [6.45, 7) is 5.01. The van der Waals surface area contributed by atoms with Gasteiger partial charge in [-0.2, -0.15) is 0 Å². The number of hydrogen-bond donors (Lipinski definition) is 1. The van der Waals surface area contributed by atoms with Crippen molar-refractivity contribution >= 4 is 0 Å². The maximum atomic E-state index is 5.66. The Morgan fingerprint density at radius 2 is 2.21 bits per heavy atom. The van der Waals surface area contributed by atoms with Crippen LogP contribution >= 0.6 is 0 Å². The van der Waals surface area contributed by atoms with Gasteiger partial charge in [-0.15, -0.1) is 11.8 Å². The van der Waals surface area contributed by atoms with E-state index in [1.54, 1.807) is 0 Å². The van der Waals surface area contributed by atoms with E-state index in [1.807, 2.05) is 14.0 Å². The first-order valence-electron chi connectivity index (χ1n) is 5.47. The van der Waals surface area contributed by atoms with E-state index in [1.165, 1.54) is 19.3 Å². The highest BCUT2D eigenvalue weighted by Gasteiger charge is 2.43. The molecule has 0 bridgehead atoms. The molecule has 0 aromatic carbocycles. The molecule has 0 aliphatic heterocycles. The zero-order valence-electron chi connectivity index (χ0n) is 9.52. The van der Waals surface area contributed by atoms with Crippen molar-refractivity contribution in [2.45, 2.75) is 51.2 Å². The summed E-state index contributed by atoms with van der Waals surface area (Å²) in [7, 11) is 1.82. The number of nitrogens with one attached hydrogen (secondary N) is 1. The Hall–Kier alpha value is -0.520. The summed E-state index contributed by atoms with van der Waals surface area (Å²) in [6, 6.07) is 0.402. The van der Waals surface area contributed by atoms with Gasteiger partial charge in [0.1, 0.15) is 0 Å². The van der Waals surface area contributed by atoms with Gasteiger partial charge in [-0.3, -0.25) is 0 Å². The van der Waals surface area contributed by atoms with Crippen LogP contribution in [0.3, 0.4) is 0 Å². The molecule has 80 valence electrons. The maximum Gasteiger partial charge on any atom is 0.0840 e. The minimum Gasteiger partial charge on any atom is -0.377 e. The van der Waals surface area contributed by atoms with Gasteiger partial charge >= 0.3 is 0 Å². The van der Waals surface area contributed by atoms with E-state index in [4.69, 9.17) is 4.74 Å². The first kappa shape index (κ1) is 11.6. The third-order valence-electron chi connectivity index (χ3n) is 3.17. The van der Waals surface area contributed by atoms with E-state index in [-0.39, 0.29) is 5.60 Å². The number of likely N-dealkylation sites (N-methyl/N-ethyl adjacent to an activating group) is 1. The molecule has 14 heavy (non-hydrogen) atoms. The van der Waals surface area contributed by atoms with E-state index in [9.17, 15) is 0 Å². The molecule has 2 nitrogen and oxygen atoms in total. The fourth-order valence-electron chi connectivity index (χ4n) is 2.11. The summed E-state index contributed by atoms with van der Waals surface area (Å²) >= 11 is 0. The van der Waals surface area contributed by atoms with Gasteiger partial charge < -0.3 is 10.1 Å². The van der Waals surface area contributed by atoms with Crippen LogP contribution in [0.2, 0.25) is 0 Å². The van der Waals surface area contributed by atoms with Gasteiger partial charge in [0.15, 0.2) is 0 Å². The second-order valence-electron chi connectivity index (χ2n) is 3.86. The first-order valence-corrected chi connectivity index (χ1v) is 5.47. The van der Waals surface area contributed by atoms with Crippen LogP contribution in [0.25, 0.3) is 0 Å². The van der Waals surface area contributed by atoms with Crippen molar-refractivity contribution in [3.05, 3.63) is 0 Å². The van der Waals surface area contributed by atoms with Crippen LogP contribution in [-0.4, -0.2) is 25.3 Å². The largest absolute Gasteiger partial charge is 0.377 e. The second-order valence-corrected chi connectivity index (χ2v) is 3.86. The molecule has 1 rings (SSSR count). The lowest BCUT2D eigenvalue weighted by Gasteiger charge is -2.46. The summed E-state index contributed by atoms with van der Waals surface area (Å²) in [4.78, 5) is 0. The molecule has 1 saturated carbocycles. The lowest BCUT2D eigenvalue weighted by atomic mass is 9.73. The smallest absolute Gasteiger partial charge is 0.0840 e. The number of rotatable bonds is 5. The maximum absolute atomic E-state index is 5.66. The van der Waals surface area contributed by atoms with Crippen molar-refractivity contribution < 1.29 is 4.74 Å². The third-order valence-corrected chi connectivity index (χ3v) is 3.17. The Balaban J connectivity index is 2.58. The fourth-order valence-corrected chi connectivity index (χ4v) is 2.11. The summed E-state index contributed by atoms with van der Waals surface area (Å²) in [5.41, 5.74) is 0.0693. The van der Waals surface area contributed by atoms with Gasteiger partial charge in [0.05, 0.1) is 5.60 Å². The highest BCUT2D eigenvalue weighted by atomic mass is 16.5. The van der Waals surface area contributed by atoms with Crippen LogP contribution in [0, 0.1) is 11.8 Å². The van der Waals surface area contributed by atoms with Crippen LogP contribution in [-0.2, 0) is 4.74 Å². The molecular weight excluding hydrogens is 174 g/mol. The Labute approximate surface area is 87.4 Å². The van der Waals surface area contributed by atoms with Crippen LogP contribution < -0.4 is 5.32 Å². The molecule has 0 amide bonds. The molecule has 0 saturated heterocycles. The van der Waals surface area contributed by atoms with Crippen molar-refractivity contribution in [1.29, 1.82) is 0 Å². The zero-order chi connectivity index (χ0) is 10.4. The molecule has 0 aromatic rings. The number of ether oxygens (including phenoxy) is 1. The topological polar surface area (TPSA) is 21.3 Å². The predicted molar refractivity (Wildman–Crippen MR) is 59.1 cm³/mol. The van der Waals surface area contributed by atoms with Crippen molar-refractivity contribution in [1.82, 2.24) is 5.32 Å². The number of hydrogen-bond acceptors (Lipinski definition) is 2. The van der Waals surface area contributed by atoms with Gasteiger partial charge in [0.25, 0.3) is 0 Å². The predicted octanol–water partition coefficient (Wildman–Crippen LogP) is 1.95.